The number of hydrogen-bond acceptors (Lipinski definition) is 2. The first kappa shape index (κ1) is 11.3. The van der Waals surface area contributed by atoms with Crippen molar-refractivity contribution in [2.75, 3.05) is 14.2 Å². The van der Waals surface area contributed by atoms with Crippen LogP contribution in [0.2, 0.25) is 0 Å². The monoisotopic (exact) mass is 187 g/mol. The highest BCUT2D eigenvalue weighted by molar-refractivity contribution is 6.61. The minimum atomic E-state index is -1.20. The topological polar surface area (TPSA) is 18.5 Å². The first-order chi connectivity index (χ1) is 5.38. The van der Waals surface area contributed by atoms with Crippen molar-refractivity contribution in [1.29, 1.82) is 0 Å². The second-order valence-corrected chi connectivity index (χ2v) is 4.03. The molecule has 0 amide bonds. The van der Waals surface area contributed by atoms with Crippen molar-refractivity contribution in [1.82, 2.24) is 0 Å². The van der Waals surface area contributed by atoms with Gasteiger partial charge in [-0.3, -0.25) is 4.70 Å². The van der Waals surface area contributed by atoms with E-state index in [9.17, 15) is 0 Å². The summed E-state index contributed by atoms with van der Waals surface area (Å²) in [6.07, 6.45) is 0. The fourth-order valence-electron chi connectivity index (χ4n) is 0.893. The van der Waals surface area contributed by atoms with Gasteiger partial charge in [0.1, 0.15) is 0 Å². The lowest BCUT2D eigenvalue weighted by molar-refractivity contribution is 0.292. The Hall–Kier alpha value is -0.713. The summed E-state index contributed by atoms with van der Waals surface area (Å²) in [4.78, 5) is 0. The molecule has 0 aliphatic heterocycles. The Kier molecular flexibility index (Phi) is 5.53. The predicted octanol–water partition coefficient (Wildman–Crippen LogP) is 0.827. The molecule has 0 unspecified atom stereocenters. The molecule has 0 bridgehead atoms. The summed E-state index contributed by atoms with van der Waals surface area (Å²) in [5.41, 5.74) is 0. The van der Waals surface area contributed by atoms with E-state index >= 15 is 0 Å². The zero-order chi connectivity index (χ0) is 8.10. The van der Waals surface area contributed by atoms with Gasteiger partial charge in [-0.2, -0.15) is 0 Å². The second-order valence-electron chi connectivity index (χ2n) is 2.06. The lowest BCUT2D eigenvalue weighted by Gasteiger charge is -2.07. The van der Waals surface area contributed by atoms with E-state index in [4.69, 9.17) is 8.85 Å². The molecule has 0 saturated carbocycles. The third-order valence-electron chi connectivity index (χ3n) is 1.38. The Morgan fingerprint density at radius 1 is 1.00 bits per heavy atom. The van der Waals surface area contributed by atoms with Crippen LogP contribution >= 0.6 is 0 Å². The van der Waals surface area contributed by atoms with Crippen molar-refractivity contribution in [2.45, 2.75) is 0 Å². The molecule has 0 spiro atoms. The first-order valence-corrected chi connectivity index (χ1v) is 4.70. The molecule has 1 rings (SSSR count). The average molecular weight is 187 g/mol. The van der Waals surface area contributed by atoms with Gasteiger partial charge < -0.3 is 8.85 Å². The van der Waals surface area contributed by atoms with Crippen molar-refractivity contribution < 1.29 is 13.6 Å². The summed E-state index contributed by atoms with van der Waals surface area (Å²) in [5.74, 6) is 0. The molecule has 0 aromatic heterocycles. The van der Waals surface area contributed by atoms with Crippen LogP contribution in [0.5, 0.6) is 0 Å². The molecule has 0 fully saturated rings. The number of hydrogen-bond donors (Lipinski definition) is 0. The number of rotatable bonds is 3. The summed E-state index contributed by atoms with van der Waals surface area (Å²) >= 11 is 0. The number of benzene rings is 1. The maximum Gasteiger partial charge on any atom is 0.423 e. The van der Waals surface area contributed by atoms with Gasteiger partial charge in [0.15, 0.2) is 0 Å². The molecule has 0 saturated heterocycles. The van der Waals surface area contributed by atoms with E-state index in [1.165, 1.54) is 0 Å². The minimum Gasteiger partial charge on any atom is -0.393 e. The van der Waals surface area contributed by atoms with E-state index in [0.717, 1.165) is 5.19 Å². The van der Waals surface area contributed by atoms with Crippen molar-refractivity contribution in [3.05, 3.63) is 30.3 Å². The molecule has 2 nitrogen and oxygen atoms in total. The van der Waals surface area contributed by atoms with Gasteiger partial charge >= 0.3 is 9.28 Å². The van der Waals surface area contributed by atoms with Crippen LogP contribution in [0.15, 0.2) is 30.3 Å². The lowest BCUT2D eigenvalue weighted by atomic mass is 10.4. The molecule has 0 aliphatic rings. The smallest absolute Gasteiger partial charge is 0.393 e. The van der Waals surface area contributed by atoms with E-state index in [1.807, 2.05) is 30.3 Å². The number of halogens is 1. The largest absolute Gasteiger partial charge is 0.423 e. The Balaban J connectivity index is 0.00000121. The van der Waals surface area contributed by atoms with Gasteiger partial charge in [-0.1, -0.05) is 30.3 Å². The van der Waals surface area contributed by atoms with Crippen LogP contribution in [0.3, 0.4) is 0 Å². The van der Waals surface area contributed by atoms with Gasteiger partial charge in [0.2, 0.25) is 0 Å². The highest BCUT2D eigenvalue weighted by Crippen LogP contribution is 1.89. The van der Waals surface area contributed by atoms with Crippen LogP contribution in [-0.4, -0.2) is 23.5 Å². The molecular weight excluding hydrogens is 175 g/mol. The maximum absolute atomic E-state index is 5.17. The Morgan fingerprint density at radius 3 is 1.92 bits per heavy atom. The van der Waals surface area contributed by atoms with Crippen molar-refractivity contribution in [3.8, 4) is 0 Å². The highest BCUT2D eigenvalue weighted by Gasteiger charge is 2.13. The van der Waals surface area contributed by atoms with E-state index < -0.39 is 9.28 Å². The summed E-state index contributed by atoms with van der Waals surface area (Å²) in [6.45, 7) is 0. The van der Waals surface area contributed by atoms with E-state index in [-0.39, 0.29) is 4.70 Å². The SMILES string of the molecule is CO[Si](OC)c1ccccc1.F. The van der Waals surface area contributed by atoms with Gasteiger partial charge in [0, 0.05) is 14.2 Å². The van der Waals surface area contributed by atoms with Crippen LogP contribution in [0.25, 0.3) is 0 Å². The van der Waals surface area contributed by atoms with Gasteiger partial charge in [-0.25, -0.2) is 0 Å². The molecule has 1 aromatic carbocycles. The molecule has 1 aromatic rings. The van der Waals surface area contributed by atoms with Gasteiger partial charge in [0.25, 0.3) is 0 Å². The predicted molar refractivity (Wildman–Crippen MR) is 48.4 cm³/mol. The second kappa shape index (κ2) is 5.88. The average Bonchev–Trinajstić information content (AvgIpc) is 2.09. The minimum absolute atomic E-state index is 0. The Morgan fingerprint density at radius 2 is 1.50 bits per heavy atom. The Labute approximate surface area is 73.3 Å². The normalized spacial score (nSPS) is 9.58. The van der Waals surface area contributed by atoms with Crippen LogP contribution in [0.4, 0.5) is 4.70 Å². The zero-order valence-corrected chi connectivity index (χ0v) is 8.11. The van der Waals surface area contributed by atoms with Gasteiger partial charge in [-0.15, -0.1) is 0 Å². The van der Waals surface area contributed by atoms with Crippen LogP contribution < -0.4 is 5.19 Å². The molecule has 12 heavy (non-hydrogen) atoms. The van der Waals surface area contributed by atoms with Crippen molar-refractivity contribution >= 4 is 14.5 Å². The molecule has 0 N–H and O–H groups in total. The quantitative estimate of drug-likeness (QED) is 0.652. The summed E-state index contributed by atoms with van der Waals surface area (Å²) in [7, 11) is 2.14. The van der Waals surface area contributed by atoms with Crippen molar-refractivity contribution in [2.24, 2.45) is 0 Å². The van der Waals surface area contributed by atoms with E-state index in [1.54, 1.807) is 14.2 Å². The first-order valence-electron chi connectivity index (χ1n) is 3.39. The Bertz CT molecular complexity index is 201. The third-order valence-corrected chi connectivity index (χ3v) is 2.93. The molecule has 67 valence electrons. The summed E-state index contributed by atoms with van der Waals surface area (Å²) in [5, 5.41) is 1.14. The molecule has 1 radical (unpaired) electrons. The third kappa shape index (κ3) is 2.73. The molecular formula is C8H12FO2Si. The molecule has 0 atom stereocenters. The van der Waals surface area contributed by atoms with Crippen LogP contribution in [-0.2, 0) is 8.85 Å². The molecule has 0 heterocycles. The van der Waals surface area contributed by atoms with E-state index in [0.29, 0.717) is 0 Å². The lowest BCUT2D eigenvalue weighted by Crippen LogP contribution is -2.34. The molecule has 0 aliphatic carbocycles. The fourth-order valence-corrected chi connectivity index (χ4v) is 2.00. The standard InChI is InChI=1S/C8H11O2Si.FH/c1-9-11(10-2)8-6-4-3-5-7-8;/h3-7H,1-2H3;1H. The molecule has 4 heteroatoms. The summed E-state index contributed by atoms with van der Waals surface area (Å²) in [6, 6.07) is 9.98. The van der Waals surface area contributed by atoms with Crippen molar-refractivity contribution in [3.63, 3.8) is 0 Å². The zero-order valence-electron chi connectivity index (χ0n) is 7.11. The summed E-state index contributed by atoms with van der Waals surface area (Å²) < 4.78 is 10.3. The maximum atomic E-state index is 5.17. The van der Waals surface area contributed by atoms with Gasteiger partial charge in [0.05, 0.1) is 0 Å². The highest BCUT2D eigenvalue weighted by atomic mass is 28.3. The van der Waals surface area contributed by atoms with Gasteiger partial charge in [-0.05, 0) is 5.19 Å². The fraction of sp³-hybridized carbons (Fsp3) is 0.250. The van der Waals surface area contributed by atoms with Crippen LogP contribution in [0, 0.1) is 0 Å². The van der Waals surface area contributed by atoms with E-state index in [2.05, 4.69) is 0 Å². The van der Waals surface area contributed by atoms with Crippen LogP contribution in [0.1, 0.15) is 0 Å².